The lowest BCUT2D eigenvalue weighted by atomic mass is 10.1. The van der Waals surface area contributed by atoms with Gasteiger partial charge in [-0.05, 0) is 31.5 Å². The summed E-state index contributed by atoms with van der Waals surface area (Å²) < 4.78 is 19.3. The summed E-state index contributed by atoms with van der Waals surface area (Å²) in [5.74, 6) is 1.86. The number of fused-ring (bicyclic) bond motifs is 1. The Bertz CT molecular complexity index is 1230. The Morgan fingerprint density at radius 2 is 2.13 bits per heavy atom. The van der Waals surface area contributed by atoms with Gasteiger partial charge in [-0.1, -0.05) is 0 Å². The molecular weight excluding hydrogens is 400 g/mol. The van der Waals surface area contributed by atoms with Crippen LogP contribution >= 0.6 is 0 Å². The Morgan fingerprint density at radius 1 is 1.26 bits per heavy atom. The molecule has 4 aromatic rings. The van der Waals surface area contributed by atoms with Crippen LogP contribution in [0.1, 0.15) is 29.1 Å². The second-order valence-corrected chi connectivity index (χ2v) is 7.50. The van der Waals surface area contributed by atoms with E-state index < -0.39 is 0 Å². The molecule has 4 aromatic heterocycles. The lowest BCUT2D eigenvalue weighted by Gasteiger charge is -2.12. The number of furan rings is 1. The van der Waals surface area contributed by atoms with Crippen LogP contribution in [0, 0.1) is 12.1 Å². The number of pyridine rings is 1. The Labute approximate surface area is 177 Å². The van der Waals surface area contributed by atoms with Gasteiger partial charge >= 0.3 is 0 Å². The van der Waals surface area contributed by atoms with Crippen LogP contribution in [0.2, 0.25) is 0 Å². The predicted molar refractivity (Wildman–Crippen MR) is 110 cm³/mol. The van der Waals surface area contributed by atoms with E-state index in [1.165, 1.54) is 0 Å². The fourth-order valence-electron chi connectivity index (χ4n) is 3.65. The van der Waals surface area contributed by atoms with Crippen LogP contribution in [0.15, 0.2) is 40.9 Å². The van der Waals surface area contributed by atoms with Crippen molar-refractivity contribution in [2.75, 3.05) is 18.9 Å². The maximum Gasteiger partial charge on any atom is 0.224 e. The molecule has 1 atom stereocenters. The van der Waals surface area contributed by atoms with E-state index in [2.05, 4.69) is 15.1 Å². The van der Waals surface area contributed by atoms with Crippen molar-refractivity contribution in [3.05, 3.63) is 64.4 Å². The molecule has 0 saturated carbocycles. The molecular formula is C21H22N6O4. The van der Waals surface area contributed by atoms with Crippen LogP contribution in [0.25, 0.3) is 17.2 Å². The molecule has 5 heterocycles. The number of nitrogens with two attached hydrogens (primary N) is 1. The first-order chi connectivity index (χ1) is 15.1. The van der Waals surface area contributed by atoms with Crippen molar-refractivity contribution in [3.63, 3.8) is 0 Å². The third kappa shape index (κ3) is 3.82. The number of aromatic nitrogens is 5. The van der Waals surface area contributed by atoms with Crippen LogP contribution in [-0.2, 0) is 22.5 Å². The summed E-state index contributed by atoms with van der Waals surface area (Å²) >= 11 is 0. The molecule has 0 unspecified atom stereocenters. The molecule has 2 N–H and O–H groups in total. The first-order valence-corrected chi connectivity index (χ1v) is 10.0. The van der Waals surface area contributed by atoms with E-state index in [1.807, 2.05) is 25.1 Å². The van der Waals surface area contributed by atoms with Crippen molar-refractivity contribution in [1.29, 1.82) is 0 Å². The minimum atomic E-state index is 0.0339. The number of ether oxygens (including phenoxy) is 2. The molecule has 0 aromatic carbocycles. The number of aryl methyl sites for hydroxylation is 1. The molecule has 10 nitrogen and oxygen atoms in total. The summed E-state index contributed by atoms with van der Waals surface area (Å²) in [5, 5.41) is 17.3. The molecule has 160 valence electrons. The minimum absolute atomic E-state index is 0.0339. The summed E-state index contributed by atoms with van der Waals surface area (Å²) in [6.07, 6.45) is 2.88. The van der Waals surface area contributed by atoms with E-state index in [1.54, 1.807) is 22.8 Å². The monoisotopic (exact) mass is 422 g/mol. The Hall–Kier alpha value is -3.50. The summed E-state index contributed by atoms with van der Waals surface area (Å²) in [6.45, 7) is 3.35. The highest BCUT2D eigenvalue weighted by Crippen LogP contribution is 2.23. The van der Waals surface area contributed by atoms with E-state index in [0.717, 1.165) is 22.5 Å². The van der Waals surface area contributed by atoms with Gasteiger partial charge in [-0.3, -0.25) is 0 Å². The quantitative estimate of drug-likeness (QED) is 0.368. The zero-order valence-electron chi connectivity index (χ0n) is 17.0. The van der Waals surface area contributed by atoms with Crippen molar-refractivity contribution < 1.29 is 18.6 Å². The number of rotatable bonds is 6. The van der Waals surface area contributed by atoms with Crippen LogP contribution < -0.4 is 10.5 Å². The lowest BCUT2D eigenvalue weighted by molar-refractivity contribution is -0.624. The van der Waals surface area contributed by atoms with Gasteiger partial charge in [0.15, 0.2) is 17.1 Å². The zero-order chi connectivity index (χ0) is 21.4. The van der Waals surface area contributed by atoms with Crippen molar-refractivity contribution in [2.24, 2.45) is 0 Å². The average molecular weight is 422 g/mol. The molecule has 0 amide bonds. The number of anilines is 1. The van der Waals surface area contributed by atoms with Crippen LogP contribution in [0.4, 0.5) is 5.95 Å². The number of nitrogens with zero attached hydrogens (tertiary/aromatic N) is 5. The van der Waals surface area contributed by atoms with Crippen molar-refractivity contribution in [1.82, 2.24) is 19.6 Å². The van der Waals surface area contributed by atoms with Crippen molar-refractivity contribution >= 4 is 11.6 Å². The summed E-state index contributed by atoms with van der Waals surface area (Å²) in [4.78, 5) is 8.62. The van der Waals surface area contributed by atoms with Gasteiger partial charge in [0.2, 0.25) is 17.5 Å². The van der Waals surface area contributed by atoms with E-state index in [0.29, 0.717) is 48.3 Å². The first kappa shape index (κ1) is 19.5. The van der Waals surface area contributed by atoms with E-state index >= 15 is 0 Å². The molecule has 5 rings (SSSR count). The van der Waals surface area contributed by atoms with Crippen LogP contribution in [-0.4, -0.2) is 38.9 Å². The SMILES string of the molecule is Cc1ccc(-c2nc(N)nc3c(Cc4cccc(CO[C@H]5CCOC5)[n+]4[O-])cnn23)o1. The fourth-order valence-corrected chi connectivity index (χ4v) is 3.65. The molecule has 1 saturated heterocycles. The van der Waals surface area contributed by atoms with E-state index in [9.17, 15) is 5.21 Å². The average Bonchev–Trinajstić information content (AvgIpc) is 3.50. The summed E-state index contributed by atoms with van der Waals surface area (Å²) in [6, 6.07) is 9.04. The molecule has 0 bridgehead atoms. The standard InChI is InChI=1S/C21H22N6O4/c1-13-5-6-18(31-13)20-25-21(22)24-19-14(10-23-26(19)20)9-15-3-2-4-16(27(15)28)11-30-17-7-8-29-12-17/h2-6,10,17H,7-9,11-12H2,1H3,(H2,22,24)/t17-/m0/s1. The second kappa shape index (κ2) is 7.97. The maximum atomic E-state index is 12.9. The zero-order valence-corrected chi connectivity index (χ0v) is 17.0. The molecule has 1 aliphatic heterocycles. The Morgan fingerprint density at radius 3 is 2.90 bits per heavy atom. The third-order valence-corrected chi connectivity index (χ3v) is 5.24. The van der Waals surface area contributed by atoms with Gasteiger partial charge in [0.1, 0.15) is 12.4 Å². The van der Waals surface area contributed by atoms with Crippen molar-refractivity contribution in [3.8, 4) is 11.6 Å². The highest BCUT2D eigenvalue weighted by atomic mass is 16.5. The van der Waals surface area contributed by atoms with Gasteiger partial charge in [0.05, 0.1) is 25.3 Å². The fraction of sp³-hybridized carbons (Fsp3) is 0.333. The molecule has 1 aliphatic rings. The second-order valence-electron chi connectivity index (χ2n) is 7.50. The molecule has 10 heteroatoms. The van der Waals surface area contributed by atoms with Gasteiger partial charge in [0, 0.05) is 24.3 Å². The molecule has 0 aliphatic carbocycles. The van der Waals surface area contributed by atoms with Gasteiger partial charge in [-0.15, -0.1) is 0 Å². The lowest BCUT2D eigenvalue weighted by Crippen LogP contribution is -2.37. The molecule has 0 radical (unpaired) electrons. The normalized spacial score (nSPS) is 16.4. The third-order valence-electron chi connectivity index (χ3n) is 5.24. The number of hydrogen-bond acceptors (Lipinski definition) is 8. The van der Waals surface area contributed by atoms with Crippen LogP contribution in [0.5, 0.6) is 0 Å². The predicted octanol–water partition coefficient (Wildman–Crippen LogP) is 1.80. The maximum absolute atomic E-state index is 12.9. The van der Waals surface area contributed by atoms with Gasteiger partial charge < -0.3 is 24.8 Å². The summed E-state index contributed by atoms with van der Waals surface area (Å²) in [7, 11) is 0. The van der Waals surface area contributed by atoms with E-state index in [4.69, 9.17) is 19.6 Å². The molecule has 31 heavy (non-hydrogen) atoms. The molecule has 1 fully saturated rings. The number of hydrogen-bond donors (Lipinski definition) is 1. The highest BCUT2D eigenvalue weighted by Gasteiger charge is 2.21. The number of nitrogen functional groups attached to an aromatic ring is 1. The smallest absolute Gasteiger partial charge is 0.224 e. The van der Waals surface area contributed by atoms with Gasteiger partial charge in [-0.25, -0.2) is 0 Å². The van der Waals surface area contributed by atoms with Crippen molar-refractivity contribution in [2.45, 2.75) is 32.5 Å². The first-order valence-electron chi connectivity index (χ1n) is 10.0. The van der Waals surface area contributed by atoms with Crippen LogP contribution in [0.3, 0.4) is 0 Å². The molecule has 0 spiro atoms. The minimum Gasteiger partial charge on any atom is -0.618 e. The van der Waals surface area contributed by atoms with Gasteiger partial charge in [0.25, 0.3) is 0 Å². The topological polar surface area (TPSA) is 128 Å². The van der Waals surface area contributed by atoms with E-state index in [-0.39, 0.29) is 18.7 Å². The Kier molecular flexibility index (Phi) is 5.00. The Balaban J connectivity index is 1.44. The summed E-state index contributed by atoms with van der Waals surface area (Å²) in [5.41, 5.74) is 8.33. The van der Waals surface area contributed by atoms with Gasteiger partial charge in [-0.2, -0.15) is 24.3 Å². The highest BCUT2D eigenvalue weighted by molar-refractivity contribution is 5.59. The largest absolute Gasteiger partial charge is 0.618 e.